The Hall–Kier alpha value is -5.98. The third-order valence-corrected chi connectivity index (χ3v) is 21.1. The first-order valence-electron chi connectivity index (χ1n) is 31.4. The average Bonchev–Trinajstić information content (AvgIpc) is 1.62. The van der Waals surface area contributed by atoms with Crippen LogP contribution in [0.4, 0.5) is 11.4 Å². The molecule has 0 spiro atoms. The number of methoxy groups -OCH3 is 2. The lowest BCUT2D eigenvalue weighted by molar-refractivity contribution is -0.197. The van der Waals surface area contributed by atoms with Crippen LogP contribution in [0.15, 0.2) is 104 Å². The molecule has 0 aliphatic carbocycles. The third-order valence-electron chi connectivity index (χ3n) is 16.9. The first kappa shape index (κ1) is 80.3. The minimum absolute atomic E-state index is 0.0121. The number of allylic oxidation sites excluding steroid dienone is 5. The molecule has 4 aromatic carbocycles. The fourth-order valence-corrected chi connectivity index (χ4v) is 15.4. The van der Waals surface area contributed by atoms with Crippen molar-refractivity contribution in [3.8, 4) is 0 Å². The Morgan fingerprint density at radius 2 is 1.00 bits per heavy atom. The minimum Gasteiger partial charge on any atom is -0.382 e. The number of nitrogens with zero attached hydrogens (tertiary/aromatic N) is 3. The van der Waals surface area contributed by atoms with Gasteiger partial charge in [0.2, 0.25) is 0 Å². The van der Waals surface area contributed by atoms with E-state index in [1.54, 1.807) is 70.3 Å². The van der Waals surface area contributed by atoms with Gasteiger partial charge in [0.25, 0.3) is 62.4 Å². The van der Waals surface area contributed by atoms with Gasteiger partial charge in [0.05, 0.1) is 121 Å². The van der Waals surface area contributed by atoms with Crippen molar-refractivity contribution < 1.29 is 127 Å². The standard InChI is InChI=1S/C63H85N3O28S5/c1-44(9-15-55-62(2,19-7-39-95(70,71)72)60-49-40-45(96(73,74)75)42-53(98(79,80)81)47(49)12-14-52(60)65(55)22-24-88-30-32-92-37-38-93-36-34-90-28-26-86-5)10-16-56-63(3,20-23-87-29-31-91-35-33-89-27-25-85-4)61-50-41-46(97(76,77)78)43-54(99(82,83)84)48(50)11-13-51(61)64(56)21-6-8-59(69)94-66-57(67)17-18-58(66)68/h9-16,40-43,55H,6-8,17-39H2,1-5H3,(H,70,71,72)(H,73,74,75)(H,76,77,78)(H,79,80,81)(H,82,83,84)/b15-9+,44-10+,56-16+. The van der Waals surface area contributed by atoms with Crippen molar-refractivity contribution in [3.63, 3.8) is 0 Å². The third kappa shape index (κ3) is 21.3. The summed E-state index contributed by atoms with van der Waals surface area (Å²) in [5.41, 5.74) is -0.461. The van der Waals surface area contributed by atoms with E-state index in [1.165, 1.54) is 18.2 Å². The minimum atomic E-state index is -5.20. The first-order valence-corrected chi connectivity index (χ1v) is 38.8. The van der Waals surface area contributed by atoms with E-state index < -0.39 is 111 Å². The highest BCUT2D eigenvalue weighted by molar-refractivity contribution is 7.87. The molecule has 36 heteroatoms. The molecule has 0 aromatic heterocycles. The van der Waals surface area contributed by atoms with E-state index in [2.05, 4.69) is 0 Å². The number of rotatable bonds is 43. The number of imide groups is 1. The van der Waals surface area contributed by atoms with Gasteiger partial charge in [-0.15, -0.1) is 5.06 Å². The van der Waals surface area contributed by atoms with Crippen molar-refractivity contribution in [3.05, 3.63) is 95.2 Å². The van der Waals surface area contributed by atoms with Gasteiger partial charge >= 0.3 is 5.97 Å². The van der Waals surface area contributed by atoms with Crippen LogP contribution >= 0.6 is 0 Å². The topological polar surface area (TPSA) is 425 Å². The molecule has 1 fully saturated rings. The second-order valence-electron chi connectivity index (χ2n) is 23.8. The zero-order valence-corrected chi connectivity index (χ0v) is 59.5. The highest BCUT2D eigenvalue weighted by Crippen LogP contribution is 2.55. The maximum absolute atomic E-state index is 13.3. The van der Waals surface area contributed by atoms with Gasteiger partial charge < -0.3 is 57.3 Å². The lowest BCUT2D eigenvalue weighted by Gasteiger charge is -2.35. The summed E-state index contributed by atoms with van der Waals surface area (Å²) in [5, 5.41) is 0.0478. The maximum Gasteiger partial charge on any atom is 0.333 e. The van der Waals surface area contributed by atoms with Crippen molar-refractivity contribution in [2.75, 3.05) is 149 Å². The van der Waals surface area contributed by atoms with E-state index >= 15 is 0 Å². The van der Waals surface area contributed by atoms with E-state index in [9.17, 15) is 79.2 Å². The number of hydrogen-bond acceptors (Lipinski definition) is 25. The number of amides is 2. The van der Waals surface area contributed by atoms with Crippen LogP contribution in [0, 0.1) is 0 Å². The highest BCUT2D eigenvalue weighted by Gasteiger charge is 2.49. The SMILES string of the molecule is COCCOCCOCCOCCOCCN1c2ccc3c(S(=O)(=O)O)cc(S(=O)(=O)O)cc3c2C(C)(CCCS(=O)(=O)O)C1/C=C/C(C)=C/C=C1/N(CCCC(=O)ON2C(=O)CCC2=O)c2ccc3c(S(=O)(=O)O)cc(S(=O)(=O)O)cc3c2C1(C)CCOCCOCCOCCOC. The van der Waals surface area contributed by atoms with Crippen molar-refractivity contribution >= 4 is 101 Å². The van der Waals surface area contributed by atoms with Gasteiger partial charge in [-0.2, -0.15) is 42.1 Å². The summed E-state index contributed by atoms with van der Waals surface area (Å²) in [6.45, 7) is 9.00. The number of anilines is 2. The smallest absolute Gasteiger partial charge is 0.333 e. The molecule has 3 unspecified atom stereocenters. The summed E-state index contributed by atoms with van der Waals surface area (Å²) in [4.78, 5) is 43.5. The van der Waals surface area contributed by atoms with Crippen molar-refractivity contribution in [1.82, 2.24) is 5.06 Å². The molecule has 2 amide bonds. The molecule has 550 valence electrons. The van der Waals surface area contributed by atoms with Crippen LogP contribution in [0.5, 0.6) is 0 Å². The molecule has 7 rings (SSSR count). The molecule has 3 heterocycles. The molecule has 4 aromatic rings. The van der Waals surface area contributed by atoms with Gasteiger partial charge in [-0.1, -0.05) is 42.9 Å². The fraction of sp³-hybridized carbons (Fsp3) is 0.540. The predicted molar refractivity (Wildman–Crippen MR) is 357 cm³/mol. The fourth-order valence-electron chi connectivity index (χ4n) is 12.3. The van der Waals surface area contributed by atoms with Crippen LogP contribution in [-0.2, 0) is 123 Å². The van der Waals surface area contributed by atoms with Crippen LogP contribution in [0.2, 0.25) is 0 Å². The van der Waals surface area contributed by atoms with Gasteiger partial charge in [-0.25, -0.2) is 4.79 Å². The molecule has 3 atom stereocenters. The summed E-state index contributed by atoms with van der Waals surface area (Å²) in [7, 11) is -22.2. The molecule has 0 bridgehead atoms. The van der Waals surface area contributed by atoms with Gasteiger partial charge in [0.15, 0.2) is 0 Å². The normalized spacial score (nSPS) is 19.1. The summed E-state index contributed by atoms with van der Waals surface area (Å²) >= 11 is 0. The largest absolute Gasteiger partial charge is 0.382 e. The number of hydroxylamine groups is 2. The van der Waals surface area contributed by atoms with Crippen molar-refractivity contribution in [2.24, 2.45) is 0 Å². The molecular weight excluding hydrogens is 1410 g/mol. The molecule has 3 aliphatic heterocycles. The Bertz CT molecular complexity index is 4230. The van der Waals surface area contributed by atoms with E-state index in [0.29, 0.717) is 85.0 Å². The number of fused-ring (bicyclic) bond motifs is 6. The predicted octanol–water partition coefficient (Wildman–Crippen LogP) is 5.44. The Morgan fingerprint density at radius 3 is 1.46 bits per heavy atom. The van der Waals surface area contributed by atoms with E-state index in [4.69, 9.17) is 47.5 Å². The summed E-state index contributed by atoms with van der Waals surface area (Å²) in [5.74, 6) is -3.07. The zero-order chi connectivity index (χ0) is 72.6. The second kappa shape index (κ2) is 35.3. The zero-order valence-electron chi connectivity index (χ0n) is 55.4. The summed E-state index contributed by atoms with van der Waals surface area (Å²) in [6, 6.07) is 8.24. The summed E-state index contributed by atoms with van der Waals surface area (Å²) in [6.07, 6.45) is 5.95. The average molecular weight is 1490 g/mol. The molecule has 99 heavy (non-hydrogen) atoms. The second-order valence-corrected chi connectivity index (χ2v) is 31.0. The lowest BCUT2D eigenvalue weighted by atomic mass is 9.73. The van der Waals surface area contributed by atoms with Crippen LogP contribution in [0.1, 0.15) is 76.8 Å². The van der Waals surface area contributed by atoms with Crippen LogP contribution < -0.4 is 9.80 Å². The van der Waals surface area contributed by atoms with Crippen LogP contribution in [-0.4, -0.2) is 233 Å². The van der Waals surface area contributed by atoms with Crippen LogP contribution in [0.3, 0.4) is 0 Å². The highest BCUT2D eigenvalue weighted by atomic mass is 32.2. The van der Waals surface area contributed by atoms with Crippen molar-refractivity contribution in [1.29, 1.82) is 0 Å². The monoisotopic (exact) mass is 1490 g/mol. The first-order chi connectivity index (χ1) is 46.7. The van der Waals surface area contributed by atoms with Gasteiger partial charge in [0.1, 0.15) is 9.79 Å². The van der Waals surface area contributed by atoms with Crippen LogP contribution in [0.25, 0.3) is 21.5 Å². The molecular formula is C63H85N3O28S5. The number of benzene rings is 4. The maximum atomic E-state index is 13.3. The number of ether oxygens (including phenoxy) is 9. The number of hydrogen-bond donors (Lipinski definition) is 5. The van der Waals surface area contributed by atoms with Gasteiger partial charge in [0, 0.05) is 91.9 Å². The Kier molecular flexibility index (Phi) is 28.6. The molecule has 1 saturated heterocycles. The Labute approximate surface area is 575 Å². The van der Waals surface area contributed by atoms with E-state index in [1.807, 2.05) is 4.90 Å². The molecule has 31 nitrogen and oxygen atoms in total. The Balaban J connectivity index is 1.33. The Morgan fingerprint density at radius 1 is 0.545 bits per heavy atom. The van der Waals surface area contributed by atoms with Crippen molar-refractivity contribution in [2.45, 2.75) is 102 Å². The quantitative estimate of drug-likeness (QED) is 0.0159. The summed E-state index contributed by atoms with van der Waals surface area (Å²) < 4.78 is 231. The van der Waals surface area contributed by atoms with E-state index in [-0.39, 0.29) is 151 Å². The molecule has 3 aliphatic rings. The lowest BCUT2D eigenvalue weighted by Crippen LogP contribution is -2.43. The van der Waals surface area contributed by atoms with Gasteiger partial charge in [-0.05, 0) is 104 Å². The van der Waals surface area contributed by atoms with E-state index in [0.717, 1.165) is 12.1 Å². The molecule has 5 N–H and O–H groups in total. The number of carbonyl (C=O) groups is 3. The number of carbonyl (C=O) groups excluding carboxylic acids is 3. The molecule has 0 saturated carbocycles. The van der Waals surface area contributed by atoms with Gasteiger partial charge in [-0.3, -0.25) is 32.4 Å². The molecule has 0 radical (unpaired) electrons.